The van der Waals surface area contributed by atoms with Gasteiger partial charge in [0.1, 0.15) is 5.56 Å². The summed E-state index contributed by atoms with van der Waals surface area (Å²) in [5.41, 5.74) is 2.29. The topological polar surface area (TPSA) is 82.2 Å². The van der Waals surface area contributed by atoms with Gasteiger partial charge in [0, 0.05) is 17.8 Å². The van der Waals surface area contributed by atoms with Crippen molar-refractivity contribution >= 4 is 5.91 Å². The van der Waals surface area contributed by atoms with Gasteiger partial charge in [-0.05, 0) is 43.7 Å². The van der Waals surface area contributed by atoms with Crippen molar-refractivity contribution in [2.75, 3.05) is 6.54 Å². The Morgan fingerprint density at radius 1 is 1.28 bits per heavy atom. The monoisotopic (exact) mass is 340 g/mol. The second-order valence-corrected chi connectivity index (χ2v) is 6.81. The van der Waals surface area contributed by atoms with Crippen LogP contribution in [0.25, 0.3) is 11.1 Å². The highest BCUT2D eigenvalue weighted by molar-refractivity contribution is 5.95. The van der Waals surface area contributed by atoms with Gasteiger partial charge >= 0.3 is 0 Å². The number of rotatable bonds is 4. The number of carbonyl (C=O) groups is 1. The highest BCUT2D eigenvalue weighted by atomic mass is 16.3. The van der Waals surface area contributed by atoms with E-state index >= 15 is 0 Å². The highest BCUT2D eigenvalue weighted by Gasteiger charge is 2.21. The van der Waals surface area contributed by atoms with Crippen molar-refractivity contribution < 1.29 is 9.90 Å². The lowest BCUT2D eigenvalue weighted by Gasteiger charge is -2.25. The number of hydrogen-bond acceptors (Lipinski definition) is 3. The van der Waals surface area contributed by atoms with E-state index in [9.17, 15) is 14.7 Å². The molecule has 1 saturated carbocycles. The summed E-state index contributed by atoms with van der Waals surface area (Å²) >= 11 is 0. The quantitative estimate of drug-likeness (QED) is 0.800. The lowest BCUT2D eigenvalue weighted by atomic mass is 9.87. The fourth-order valence-electron chi connectivity index (χ4n) is 3.49. The predicted octanol–water partition coefficient (Wildman–Crippen LogP) is 2.63. The zero-order valence-electron chi connectivity index (χ0n) is 14.4. The first kappa shape index (κ1) is 17.4. The first-order valence-electron chi connectivity index (χ1n) is 8.80. The van der Waals surface area contributed by atoms with Crippen molar-refractivity contribution in [1.29, 1.82) is 0 Å². The number of carbonyl (C=O) groups excluding carboxylic acids is 1. The SMILES string of the molecule is Cc1[nH]c(=O)c(C(=O)NCC2CCCC(O)C2)cc1-c1ccccc1. The summed E-state index contributed by atoms with van der Waals surface area (Å²) in [4.78, 5) is 27.5. The Morgan fingerprint density at radius 3 is 2.76 bits per heavy atom. The van der Waals surface area contributed by atoms with Crippen LogP contribution in [0.15, 0.2) is 41.2 Å². The van der Waals surface area contributed by atoms with Gasteiger partial charge in [-0.1, -0.05) is 36.8 Å². The highest BCUT2D eigenvalue weighted by Crippen LogP contribution is 2.24. The molecule has 1 fully saturated rings. The molecule has 5 heteroatoms. The number of aliphatic hydroxyl groups excluding tert-OH is 1. The van der Waals surface area contributed by atoms with Crippen molar-refractivity contribution in [2.24, 2.45) is 5.92 Å². The van der Waals surface area contributed by atoms with Gasteiger partial charge in [-0.2, -0.15) is 0 Å². The molecule has 0 aliphatic heterocycles. The number of aromatic nitrogens is 1. The van der Waals surface area contributed by atoms with Gasteiger partial charge in [0.2, 0.25) is 0 Å². The Hall–Kier alpha value is -2.40. The summed E-state index contributed by atoms with van der Waals surface area (Å²) in [5, 5.41) is 12.6. The number of nitrogens with one attached hydrogen (secondary N) is 2. The smallest absolute Gasteiger partial charge is 0.261 e. The van der Waals surface area contributed by atoms with E-state index in [1.807, 2.05) is 37.3 Å². The van der Waals surface area contributed by atoms with E-state index in [-0.39, 0.29) is 29.1 Å². The molecule has 0 spiro atoms. The standard InChI is InChI=1S/C20H24N2O3/c1-13-17(15-7-3-2-4-8-15)11-18(20(25)22-13)19(24)21-12-14-6-5-9-16(23)10-14/h2-4,7-8,11,14,16,23H,5-6,9-10,12H2,1H3,(H,21,24)(H,22,25). The summed E-state index contributed by atoms with van der Waals surface area (Å²) < 4.78 is 0. The Balaban J connectivity index is 1.77. The van der Waals surface area contributed by atoms with Crippen LogP contribution < -0.4 is 10.9 Å². The van der Waals surface area contributed by atoms with Crippen molar-refractivity contribution in [3.63, 3.8) is 0 Å². The number of amides is 1. The molecule has 1 aromatic carbocycles. The van der Waals surface area contributed by atoms with Gasteiger partial charge in [-0.3, -0.25) is 9.59 Å². The number of benzene rings is 1. The summed E-state index contributed by atoms with van der Waals surface area (Å²) in [6, 6.07) is 11.3. The van der Waals surface area contributed by atoms with Crippen LogP contribution in [-0.2, 0) is 0 Å². The van der Waals surface area contributed by atoms with E-state index in [1.165, 1.54) is 0 Å². The molecule has 1 aliphatic rings. The van der Waals surface area contributed by atoms with E-state index in [0.717, 1.165) is 36.1 Å². The molecule has 2 atom stereocenters. The third-order valence-electron chi connectivity index (χ3n) is 4.87. The number of aryl methyl sites for hydroxylation is 1. The zero-order chi connectivity index (χ0) is 17.8. The minimum Gasteiger partial charge on any atom is -0.393 e. The summed E-state index contributed by atoms with van der Waals surface area (Å²) in [7, 11) is 0. The van der Waals surface area contributed by atoms with E-state index < -0.39 is 0 Å². The van der Waals surface area contributed by atoms with E-state index in [2.05, 4.69) is 10.3 Å². The molecule has 132 valence electrons. The van der Waals surface area contributed by atoms with Gasteiger partial charge in [-0.25, -0.2) is 0 Å². The number of aromatic amines is 1. The number of aliphatic hydroxyl groups is 1. The minimum atomic E-state index is -0.377. The third kappa shape index (κ3) is 4.17. The van der Waals surface area contributed by atoms with Crippen LogP contribution in [0.5, 0.6) is 0 Å². The Bertz CT molecular complexity index is 798. The second kappa shape index (κ2) is 7.66. The molecule has 2 unspecified atom stereocenters. The third-order valence-corrected chi connectivity index (χ3v) is 4.87. The average molecular weight is 340 g/mol. The first-order valence-corrected chi connectivity index (χ1v) is 8.80. The molecule has 25 heavy (non-hydrogen) atoms. The lowest BCUT2D eigenvalue weighted by molar-refractivity contribution is 0.0872. The van der Waals surface area contributed by atoms with Crippen molar-refractivity contribution in [3.05, 3.63) is 58.0 Å². The Labute approximate surface area is 147 Å². The fraction of sp³-hybridized carbons (Fsp3) is 0.400. The van der Waals surface area contributed by atoms with Crippen LogP contribution in [-0.4, -0.2) is 28.6 Å². The molecule has 1 heterocycles. The van der Waals surface area contributed by atoms with Gasteiger partial charge in [-0.15, -0.1) is 0 Å². The molecule has 0 radical (unpaired) electrons. The van der Waals surface area contributed by atoms with Crippen LogP contribution in [0, 0.1) is 12.8 Å². The van der Waals surface area contributed by atoms with Crippen molar-refractivity contribution in [3.8, 4) is 11.1 Å². The molecule has 2 aromatic rings. The van der Waals surface area contributed by atoms with Gasteiger partial charge < -0.3 is 15.4 Å². The molecule has 0 bridgehead atoms. The maximum Gasteiger partial charge on any atom is 0.261 e. The average Bonchev–Trinajstić information content (AvgIpc) is 2.60. The first-order chi connectivity index (χ1) is 12.0. The summed E-state index contributed by atoms with van der Waals surface area (Å²) in [6.45, 7) is 2.32. The molecule has 5 nitrogen and oxygen atoms in total. The second-order valence-electron chi connectivity index (χ2n) is 6.81. The lowest BCUT2D eigenvalue weighted by Crippen LogP contribution is -2.35. The molecular formula is C20H24N2O3. The van der Waals surface area contributed by atoms with E-state index in [1.54, 1.807) is 6.07 Å². The maximum absolute atomic E-state index is 12.5. The van der Waals surface area contributed by atoms with Crippen molar-refractivity contribution in [2.45, 2.75) is 38.7 Å². The number of hydrogen-bond donors (Lipinski definition) is 3. The largest absolute Gasteiger partial charge is 0.393 e. The van der Waals surface area contributed by atoms with Crippen LogP contribution in [0.4, 0.5) is 0 Å². The van der Waals surface area contributed by atoms with Crippen molar-refractivity contribution in [1.82, 2.24) is 10.3 Å². The van der Waals surface area contributed by atoms with Crippen LogP contribution in [0.1, 0.15) is 41.7 Å². The molecule has 1 amide bonds. The maximum atomic E-state index is 12.5. The fourth-order valence-corrected chi connectivity index (χ4v) is 3.49. The normalized spacial score (nSPS) is 20.2. The van der Waals surface area contributed by atoms with Gasteiger partial charge in [0.05, 0.1) is 6.10 Å². The van der Waals surface area contributed by atoms with E-state index in [0.29, 0.717) is 13.0 Å². The molecule has 1 aliphatic carbocycles. The van der Waals surface area contributed by atoms with Crippen LogP contribution >= 0.6 is 0 Å². The van der Waals surface area contributed by atoms with Crippen LogP contribution in [0.3, 0.4) is 0 Å². The van der Waals surface area contributed by atoms with Gasteiger partial charge in [0.25, 0.3) is 11.5 Å². The minimum absolute atomic E-state index is 0.126. The van der Waals surface area contributed by atoms with Gasteiger partial charge in [0.15, 0.2) is 0 Å². The number of H-pyrrole nitrogens is 1. The molecule has 3 N–H and O–H groups in total. The summed E-state index contributed by atoms with van der Waals surface area (Å²) in [6.07, 6.45) is 3.24. The zero-order valence-corrected chi connectivity index (χ0v) is 14.4. The Kier molecular flexibility index (Phi) is 5.34. The Morgan fingerprint density at radius 2 is 2.04 bits per heavy atom. The molecule has 1 aromatic heterocycles. The van der Waals surface area contributed by atoms with Crippen LogP contribution in [0.2, 0.25) is 0 Å². The predicted molar refractivity (Wildman–Crippen MR) is 97.5 cm³/mol. The number of pyridine rings is 1. The molecule has 0 saturated heterocycles. The molecular weight excluding hydrogens is 316 g/mol. The van der Waals surface area contributed by atoms with E-state index in [4.69, 9.17) is 0 Å². The molecule has 3 rings (SSSR count). The summed E-state index contributed by atoms with van der Waals surface area (Å²) in [5.74, 6) is -0.0932.